The van der Waals surface area contributed by atoms with Gasteiger partial charge in [-0.25, -0.2) is 0 Å². The largest absolute Gasteiger partial charge is 0.379 e. The van der Waals surface area contributed by atoms with Crippen molar-refractivity contribution in [3.05, 3.63) is 33.3 Å². The zero-order valence-corrected chi connectivity index (χ0v) is 12.8. The van der Waals surface area contributed by atoms with Gasteiger partial charge in [-0.1, -0.05) is 27.5 Å². The predicted octanol–water partition coefficient (Wildman–Crippen LogP) is 2.16. The smallest absolute Gasteiger partial charge is 0.251 e. The Bertz CT molecular complexity index is 430. The number of hydrogen-bond donors (Lipinski definition) is 1. The molecule has 1 aromatic rings. The number of carbonyl (C=O) groups excluding carboxylic acids is 1. The summed E-state index contributed by atoms with van der Waals surface area (Å²) in [6.45, 7) is 4.88. The molecule has 1 aliphatic heterocycles. The first kappa shape index (κ1) is 14.8. The Morgan fingerprint density at radius 2 is 2.11 bits per heavy atom. The van der Waals surface area contributed by atoms with Crippen molar-refractivity contribution in [1.29, 1.82) is 0 Å². The van der Waals surface area contributed by atoms with Crippen LogP contribution in [0.2, 0.25) is 5.02 Å². The molecule has 0 radical (unpaired) electrons. The van der Waals surface area contributed by atoms with E-state index in [1.807, 2.05) is 0 Å². The zero-order chi connectivity index (χ0) is 13.7. The summed E-state index contributed by atoms with van der Waals surface area (Å²) >= 11 is 9.24. The van der Waals surface area contributed by atoms with Crippen molar-refractivity contribution in [2.75, 3.05) is 39.4 Å². The molecule has 1 amide bonds. The van der Waals surface area contributed by atoms with Crippen LogP contribution in [-0.4, -0.2) is 50.2 Å². The van der Waals surface area contributed by atoms with Crippen LogP contribution < -0.4 is 5.32 Å². The minimum absolute atomic E-state index is 0.101. The summed E-state index contributed by atoms with van der Waals surface area (Å²) in [7, 11) is 0. The van der Waals surface area contributed by atoms with Crippen LogP contribution in [0.4, 0.5) is 0 Å². The summed E-state index contributed by atoms with van der Waals surface area (Å²) in [5.41, 5.74) is 0.571. The molecule has 0 saturated carbocycles. The molecule has 1 N–H and O–H groups in total. The number of hydrogen-bond acceptors (Lipinski definition) is 3. The van der Waals surface area contributed by atoms with E-state index in [4.69, 9.17) is 16.3 Å². The van der Waals surface area contributed by atoms with Gasteiger partial charge < -0.3 is 10.1 Å². The molecule has 19 heavy (non-hydrogen) atoms. The second kappa shape index (κ2) is 7.24. The van der Waals surface area contributed by atoms with Gasteiger partial charge in [0.05, 0.1) is 13.2 Å². The van der Waals surface area contributed by atoms with Gasteiger partial charge >= 0.3 is 0 Å². The number of nitrogens with zero attached hydrogens (tertiary/aromatic N) is 1. The fourth-order valence-corrected chi connectivity index (χ4v) is 2.80. The van der Waals surface area contributed by atoms with E-state index in [1.54, 1.807) is 18.2 Å². The molecule has 0 atom stereocenters. The first-order valence-corrected chi connectivity index (χ1v) is 7.36. The van der Waals surface area contributed by atoms with Crippen molar-refractivity contribution in [2.45, 2.75) is 0 Å². The highest BCUT2D eigenvalue weighted by Gasteiger charge is 2.11. The predicted molar refractivity (Wildman–Crippen MR) is 78.7 cm³/mol. The highest BCUT2D eigenvalue weighted by Crippen LogP contribution is 2.19. The standard InChI is InChI=1S/C13H16BrClN2O2/c14-11-7-10(8-12(15)9-11)13(18)16-1-2-17-3-5-19-6-4-17/h7-9H,1-6H2,(H,16,18). The summed E-state index contributed by atoms with van der Waals surface area (Å²) in [5.74, 6) is -0.101. The number of ether oxygens (including phenoxy) is 1. The van der Waals surface area contributed by atoms with E-state index in [9.17, 15) is 4.79 Å². The monoisotopic (exact) mass is 346 g/mol. The highest BCUT2D eigenvalue weighted by atomic mass is 79.9. The third kappa shape index (κ3) is 4.76. The second-order valence-electron chi connectivity index (χ2n) is 4.37. The van der Waals surface area contributed by atoms with Crippen LogP contribution in [0.1, 0.15) is 10.4 Å². The van der Waals surface area contributed by atoms with Crippen molar-refractivity contribution in [1.82, 2.24) is 10.2 Å². The number of amides is 1. The van der Waals surface area contributed by atoms with Crippen molar-refractivity contribution < 1.29 is 9.53 Å². The van der Waals surface area contributed by atoms with Gasteiger partial charge in [0.25, 0.3) is 5.91 Å². The van der Waals surface area contributed by atoms with Gasteiger partial charge in [0.15, 0.2) is 0 Å². The Labute approximate surface area is 126 Å². The van der Waals surface area contributed by atoms with E-state index in [2.05, 4.69) is 26.1 Å². The fraction of sp³-hybridized carbons (Fsp3) is 0.462. The zero-order valence-electron chi connectivity index (χ0n) is 10.5. The molecule has 0 spiro atoms. The normalized spacial score (nSPS) is 16.3. The number of rotatable bonds is 4. The molecule has 1 saturated heterocycles. The SMILES string of the molecule is O=C(NCCN1CCOCC1)c1cc(Cl)cc(Br)c1. The molecule has 4 nitrogen and oxygen atoms in total. The average Bonchev–Trinajstić information content (AvgIpc) is 2.38. The van der Waals surface area contributed by atoms with Crippen molar-refractivity contribution >= 4 is 33.4 Å². The third-order valence-corrected chi connectivity index (χ3v) is 3.62. The van der Waals surface area contributed by atoms with Gasteiger partial charge in [-0.15, -0.1) is 0 Å². The lowest BCUT2D eigenvalue weighted by atomic mass is 10.2. The molecule has 1 fully saturated rings. The van der Waals surface area contributed by atoms with Crippen molar-refractivity contribution in [3.8, 4) is 0 Å². The highest BCUT2D eigenvalue weighted by molar-refractivity contribution is 9.10. The van der Waals surface area contributed by atoms with E-state index in [-0.39, 0.29) is 5.91 Å². The van der Waals surface area contributed by atoms with Gasteiger partial charge in [0.2, 0.25) is 0 Å². The van der Waals surface area contributed by atoms with E-state index in [0.29, 0.717) is 17.1 Å². The van der Waals surface area contributed by atoms with Crippen molar-refractivity contribution in [3.63, 3.8) is 0 Å². The molecule has 2 rings (SSSR count). The maximum atomic E-state index is 12.0. The van der Waals surface area contributed by atoms with E-state index >= 15 is 0 Å². The van der Waals surface area contributed by atoms with Crippen LogP contribution in [-0.2, 0) is 4.74 Å². The Kier molecular flexibility index (Phi) is 5.63. The molecule has 0 aromatic heterocycles. The third-order valence-electron chi connectivity index (χ3n) is 2.94. The van der Waals surface area contributed by atoms with E-state index in [0.717, 1.165) is 37.3 Å². The Balaban J connectivity index is 1.80. The van der Waals surface area contributed by atoms with Crippen LogP contribution >= 0.6 is 27.5 Å². The van der Waals surface area contributed by atoms with Gasteiger partial charge in [-0.2, -0.15) is 0 Å². The summed E-state index contributed by atoms with van der Waals surface area (Å²) in [6.07, 6.45) is 0. The molecule has 104 valence electrons. The van der Waals surface area contributed by atoms with E-state index < -0.39 is 0 Å². The quantitative estimate of drug-likeness (QED) is 0.907. The topological polar surface area (TPSA) is 41.6 Å². The maximum absolute atomic E-state index is 12.0. The number of carbonyl (C=O) groups is 1. The minimum Gasteiger partial charge on any atom is -0.379 e. The number of morpholine rings is 1. The number of nitrogens with one attached hydrogen (secondary N) is 1. The van der Waals surface area contributed by atoms with E-state index in [1.165, 1.54) is 0 Å². The lowest BCUT2D eigenvalue weighted by Gasteiger charge is -2.26. The van der Waals surface area contributed by atoms with Crippen molar-refractivity contribution in [2.24, 2.45) is 0 Å². The summed E-state index contributed by atoms with van der Waals surface area (Å²) in [6, 6.07) is 5.18. The summed E-state index contributed by atoms with van der Waals surface area (Å²) in [4.78, 5) is 14.2. The molecule has 1 aliphatic rings. The van der Waals surface area contributed by atoms with Crippen LogP contribution in [0.5, 0.6) is 0 Å². The van der Waals surface area contributed by atoms with Gasteiger partial charge in [-0.05, 0) is 18.2 Å². The summed E-state index contributed by atoms with van der Waals surface area (Å²) in [5, 5.41) is 3.45. The second-order valence-corrected chi connectivity index (χ2v) is 5.72. The number of halogens is 2. The molecule has 6 heteroatoms. The summed E-state index contributed by atoms with van der Waals surface area (Å²) < 4.78 is 6.08. The minimum atomic E-state index is -0.101. The van der Waals surface area contributed by atoms with Gasteiger partial charge in [-0.3, -0.25) is 9.69 Å². The molecule has 0 unspecified atom stereocenters. The molecular weight excluding hydrogens is 332 g/mol. The Morgan fingerprint density at radius 1 is 1.37 bits per heavy atom. The molecular formula is C13H16BrClN2O2. The molecule has 1 heterocycles. The molecule has 0 bridgehead atoms. The number of benzene rings is 1. The van der Waals surface area contributed by atoms with Crippen LogP contribution in [0.3, 0.4) is 0 Å². The van der Waals surface area contributed by atoms with Crippen LogP contribution in [0, 0.1) is 0 Å². The Hall–Kier alpha value is -0.620. The maximum Gasteiger partial charge on any atom is 0.251 e. The Morgan fingerprint density at radius 3 is 2.79 bits per heavy atom. The van der Waals surface area contributed by atoms with Crippen LogP contribution in [0.25, 0.3) is 0 Å². The first-order chi connectivity index (χ1) is 9.15. The lowest BCUT2D eigenvalue weighted by molar-refractivity contribution is 0.0383. The first-order valence-electron chi connectivity index (χ1n) is 6.19. The van der Waals surface area contributed by atoms with Gasteiger partial charge in [0.1, 0.15) is 0 Å². The molecule has 1 aromatic carbocycles. The van der Waals surface area contributed by atoms with Crippen LogP contribution in [0.15, 0.2) is 22.7 Å². The molecule has 0 aliphatic carbocycles. The lowest BCUT2D eigenvalue weighted by Crippen LogP contribution is -2.41. The van der Waals surface area contributed by atoms with Gasteiger partial charge in [0, 0.05) is 41.2 Å². The average molecular weight is 348 g/mol. The fourth-order valence-electron chi connectivity index (χ4n) is 1.94.